The van der Waals surface area contributed by atoms with Gasteiger partial charge in [-0.3, -0.25) is 0 Å². The fourth-order valence-electron chi connectivity index (χ4n) is 1.20. The van der Waals surface area contributed by atoms with Crippen molar-refractivity contribution >= 4 is 14.3 Å². The largest absolute Gasteiger partial charge is 0.541 e. The maximum atomic E-state index is 13.8. The molecule has 0 radical (unpaired) electrons. The molecule has 0 saturated carbocycles. The van der Waals surface area contributed by atoms with Gasteiger partial charge in [0, 0.05) is 0 Å². The zero-order valence-electron chi connectivity index (χ0n) is 11.7. The summed E-state index contributed by atoms with van der Waals surface area (Å²) in [5.41, 5.74) is -0.694. The minimum Gasteiger partial charge on any atom is -0.541 e. The van der Waals surface area contributed by atoms with Gasteiger partial charge in [0.15, 0.2) is 11.6 Å². The van der Waals surface area contributed by atoms with Crippen LogP contribution in [0.3, 0.4) is 0 Å². The highest BCUT2D eigenvalue weighted by molar-refractivity contribution is 6.74. The molecule has 0 saturated heterocycles. The molecular formula is C13H18F2O3Si. The van der Waals surface area contributed by atoms with Crippen LogP contribution in [-0.4, -0.2) is 19.4 Å². The fourth-order valence-corrected chi connectivity index (χ4v) is 2.22. The van der Waals surface area contributed by atoms with Crippen LogP contribution in [0.15, 0.2) is 12.1 Å². The Kier molecular flexibility index (Phi) is 4.05. The van der Waals surface area contributed by atoms with Crippen molar-refractivity contribution in [3.8, 4) is 5.75 Å². The van der Waals surface area contributed by atoms with E-state index >= 15 is 0 Å². The predicted octanol–water partition coefficient (Wildman–Crippen LogP) is 4.05. The van der Waals surface area contributed by atoms with Gasteiger partial charge in [0.05, 0.1) is 5.56 Å². The second-order valence-corrected chi connectivity index (χ2v) is 10.6. The summed E-state index contributed by atoms with van der Waals surface area (Å²) in [6.07, 6.45) is 0. The monoisotopic (exact) mass is 288 g/mol. The van der Waals surface area contributed by atoms with Gasteiger partial charge in [0.25, 0.3) is 8.32 Å². The van der Waals surface area contributed by atoms with E-state index < -0.39 is 31.5 Å². The highest BCUT2D eigenvalue weighted by atomic mass is 28.4. The fraction of sp³-hybridized carbons (Fsp3) is 0.462. The molecule has 3 nitrogen and oxygen atoms in total. The first-order chi connectivity index (χ1) is 8.47. The van der Waals surface area contributed by atoms with E-state index in [9.17, 15) is 13.6 Å². The Labute approximate surface area is 112 Å². The van der Waals surface area contributed by atoms with Crippen LogP contribution < -0.4 is 4.43 Å². The lowest BCUT2D eigenvalue weighted by Crippen LogP contribution is -2.44. The molecule has 1 N–H and O–H groups in total. The highest BCUT2D eigenvalue weighted by Gasteiger charge is 2.39. The van der Waals surface area contributed by atoms with Crippen LogP contribution in [0.5, 0.6) is 5.75 Å². The van der Waals surface area contributed by atoms with Crippen molar-refractivity contribution in [1.29, 1.82) is 0 Å². The summed E-state index contributed by atoms with van der Waals surface area (Å²) >= 11 is 0. The third kappa shape index (κ3) is 3.12. The number of carboxylic acids is 1. The number of carboxylic acid groups (broad SMARTS) is 1. The zero-order valence-corrected chi connectivity index (χ0v) is 12.7. The van der Waals surface area contributed by atoms with Gasteiger partial charge < -0.3 is 9.53 Å². The first kappa shape index (κ1) is 15.6. The van der Waals surface area contributed by atoms with E-state index in [-0.39, 0.29) is 10.8 Å². The molecule has 0 atom stereocenters. The smallest absolute Gasteiger partial charge is 0.338 e. The second kappa shape index (κ2) is 4.92. The van der Waals surface area contributed by atoms with E-state index in [0.29, 0.717) is 0 Å². The van der Waals surface area contributed by atoms with Gasteiger partial charge >= 0.3 is 5.97 Å². The molecule has 1 aromatic carbocycles. The first-order valence-corrected chi connectivity index (χ1v) is 8.78. The number of benzene rings is 1. The molecule has 19 heavy (non-hydrogen) atoms. The van der Waals surface area contributed by atoms with E-state index in [0.717, 1.165) is 6.07 Å². The summed E-state index contributed by atoms with van der Waals surface area (Å²) in [5, 5.41) is 8.54. The topological polar surface area (TPSA) is 46.5 Å². The van der Waals surface area contributed by atoms with E-state index in [2.05, 4.69) is 0 Å². The number of hydrogen-bond donors (Lipinski definition) is 1. The van der Waals surface area contributed by atoms with Gasteiger partial charge in [-0.25, -0.2) is 9.18 Å². The maximum absolute atomic E-state index is 13.8. The van der Waals surface area contributed by atoms with Crippen molar-refractivity contribution in [2.24, 2.45) is 0 Å². The molecule has 0 bridgehead atoms. The van der Waals surface area contributed by atoms with Gasteiger partial charge in [0.1, 0.15) is 5.75 Å². The molecule has 1 aromatic rings. The van der Waals surface area contributed by atoms with Crippen LogP contribution in [-0.2, 0) is 0 Å². The number of aromatic carboxylic acids is 1. The summed E-state index contributed by atoms with van der Waals surface area (Å²) in [5.74, 6) is -4.36. The standard InChI is InChI=1S/C13H18F2O3Si/c1-13(2,3)19(4,5)18-9-7-6-8(12(16)17)10(14)11(9)15/h6-7H,1-5H3,(H,16,17). The molecule has 0 aromatic heterocycles. The van der Waals surface area contributed by atoms with Crippen LogP contribution in [0.2, 0.25) is 18.1 Å². The van der Waals surface area contributed by atoms with E-state index in [4.69, 9.17) is 9.53 Å². The van der Waals surface area contributed by atoms with Crippen LogP contribution in [0.4, 0.5) is 8.78 Å². The van der Waals surface area contributed by atoms with Crippen LogP contribution >= 0.6 is 0 Å². The molecule has 1 rings (SSSR count). The van der Waals surface area contributed by atoms with Crippen LogP contribution in [0, 0.1) is 11.6 Å². The maximum Gasteiger partial charge on any atom is 0.338 e. The van der Waals surface area contributed by atoms with E-state index in [1.54, 1.807) is 0 Å². The van der Waals surface area contributed by atoms with Gasteiger partial charge in [-0.15, -0.1) is 0 Å². The molecule has 0 unspecified atom stereocenters. The summed E-state index contributed by atoms with van der Waals surface area (Å²) < 4.78 is 33.0. The molecule has 6 heteroatoms. The van der Waals surface area contributed by atoms with E-state index in [1.165, 1.54) is 6.07 Å². The predicted molar refractivity (Wildman–Crippen MR) is 71.1 cm³/mol. The van der Waals surface area contributed by atoms with Crippen LogP contribution in [0.25, 0.3) is 0 Å². The van der Waals surface area contributed by atoms with E-state index in [1.807, 2.05) is 33.9 Å². The zero-order chi connectivity index (χ0) is 15.0. The third-order valence-electron chi connectivity index (χ3n) is 3.45. The van der Waals surface area contributed by atoms with Crippen LogP contribution in [0.1, 0.15) is 31.1 Å². The Bertz CT molecular complexity index is 507. The second-order valence-electron chi connectivity index (χ2n) is 5.91. The molecule has 0 aliphatic heterocycles. The lowest BCUT2D eigenvalue weighted by atomic mass is 10.2. The Hall–Kier alpha value is -1.43. The Morgan fingerprint density at radius 3 is 2.16 bits per heavy atom. The molecule has 0 amide bonds. The molecule has 0 aliphatic carbocycles. The van der Waals surface area contributed by atoms with Gasteiger partial charge in [-0.05, 0) is 30.3 Å². The van der Waals surface area contributed by atoms with Crippen molar-refractivity contribution in [3.63, 3.8) is 0 Å². The number of halogens is 2. The highest BCUT2D eigenvalue weighted by Crippen LogP contribution is 2.38. The van der Waals surface area contributed by atoms with Crippen molar-refractivity contribution in [2.75, 3.05) is 0 Å². The average Bonchev–Trinajstić information content (AvgIpc) is 2.22. The average molecular weight is 288 g/mol. The summed E-state index contributed by atoms with van der Waals surface area (Å²) in [7, 11) is -2.30. The van der Waals surface area contributed by atoms with Crippen molar-refractivity contribution in [1.82, 2.24) is 0 Å². The quantitative estimate of drug-likeness (QED) is 0.854. The number of rotatable bonds is 3. The normalized spacial score (nSPS) is 12.4. The summed E-state index contributed by atoms with van der Waals surface area (Å²) in [6.45, 7) is 9.71. The Balaban J connectivity index is 3.19. The molecule has 0 fully saturated rings. The molecule has 0 heterocycles. The minimum atomic E-state index is -2.30. The van der Waals surface area contributed by atoms with Gasteiger partial charge in [-0.2, -0.15) is 4.39 Å². The summed E-state index contributed by atoms with van der Waals surface area (Å²) in [6, 6.07) is 2.19. The van der Waals surface area contributed by atoms with Gasteiger partial charge in [0.2, 0.25) is 0 Å². The Morgan fingerprint density at radius 2 is 1.74 bits per heavy atom. The third-order valence-corrected chi connectivity index (χ3v) is 7.79. The lowest BCUT2D eigenvalue weighted by molar-refractivity contribution is 0.0690. The molecule has 0 aliphatic rings. The lowest BCUT2D eigenvalue weighted by Gasteiger charge is -2.36. The number of carbonyl (C=O) groups is 1. The van der Waals surface area contributed by atoms with Crippen molar-refractivity contribution in [3.05, 3.63) is 29.3 Å². The van der Waals surface area contributed by atoms with Crippen molar-refractivity contribution in [2.45, 2.75) is 38.9 Å². The molecular weight excluding hydrogens is 270 g/mol. The van der Waals surface area contributed by atoms with Crippen molar-refractivity contribution < 1.29 is 23.1 Å². The Morgan fingerprint density at radius 1 is 1.21 bits per heavy atom. The summed E-state index contributed by atoms with van der Waals surface area (Å²) in [4.78, 5) is 10.7. The molecule has 0 spiro atoms. The molecule has 106 valence electrons. The SMILES string of the molecule is CC(C)(C)[Si](C)(C)Oc1ccc(C(=O)O)c(F)c1F. The first-order valence-electron chi connectivity index (χ1n) is 5.87. The number of hydrogen-bond acceptors (Lipinski definition) is 2. The minimum absolute atomic E-state index is 0.165. The van der Waals surface area contributed by atoms with Gasteiger partial charge in [-0.1, -0.05) is 20.8 Å².